The molecule has 2 fully saturated rings. The summed E-state index contributed by atoms with van der Waals surface area (Å²) >= 11 is 0. The molecule has 0 aromatic carbocycles. The van der Waals surface area contributed by atoms with Crippen LogP contribution in [0.1, 0.15) is 43.2 Å². The van der Waals surface area contributed by atoms with Crippen LogP contribution in [0, 0.1) is 5.92 Å². The Kier molecular flexibility index (Phi) is 3.80. The minimum Gasteiger partial charge on any atom is -0.304 e. The zero-order valence-corrected chi connectivity index (χ0v) is 12.0. The zero-order chi connectivity index (χ0) is 13.2. The highest BCUT2D eigenvalue weighted by molar-refractivity contribution is 5.07. The lowest BCUT2D eigenvalue weighted by atomic mass is 10.2. The van der Waals surface area contributed by atoms with Gasteiger partial charge in [0.15, 0.2) is 0 Å². The summed E-state index contributed by atoms with van der Waals surface area (Å²) in [6, 6.07) is 2.49. The topological polar surface area (TPSA) is 32.3 Å². The van der Waals surface area contributed by atoms with Crippen molar-refractivity contribution >= 4 is 0 Å². The van der Waals surface area contributed by atoms with Crippen LogP contribution in [0.2, 0.25) is 0 Å². The lowest BCUT2D eigenvalue weighted by molar-refractivity contribution is 0.237. The Morgan fingerprint density at radius 2 is 2.16 bits per heavy atom. The number of hydrogen-bond donors (Lipinski definition) is 0. The summed E-state index contributed by atoms with van der Waals surface area (Å²) in [5.41, 5.74) is 1.13. The van der Waals surface area contributed by atoms with E-state index in [1.807, 2.05) is 12.3 Å². The minimum atomic E-state index is 0.461. The van der Waals surface area contributed by atoms with Crippen molar-refractivity contribution in [3.05, 3.63) is 23.8 Å². The van der Waals surface area contributed by atoms with Gasteiger partial charge in [-0.3, -0.25) is 4.90 Å². The Morgan fingerprint density at radius 1 is 1.32 bits per heavy atom. The molecule has 0 amide bonds. The molecule has 0 spiro atoms. The number of nitrogens with zero attached hydrogens (tertiary/aromatic N) is 4. The first-order valence-corrected chi connectivity index (χ1v) is 7.43. The Hall–Kier alpha value is -1.00. The Morgan fingerprint density at radius 3 is 2.89 bits per heavy atom. The SMILES string of the molecule is CN(C)Cc1ccnc([C@H]2CCCN2CC2CC2)n1. The molecule has 4 heteroatoms. The molecule has 2 aliphatic rings. The van der Waals surface area contributed by atoms with E-state index in [1.54, 1.807) is 0 Å². The Balaban J connectivity index is 1.72. The van der Waals surface area contributed by atoms with Gasteiger partial charge in [0.1, 0.15) is 5.82 Å². The summed E-state index contributed by atoms with van der Waals surface area (Å²) in [6.07, 6.45) is 7.28. The highest BCUT2D eigenvalue weighted by Crippen LogP contribution is 2.36. The molecule has 19 heavy (non-hydrogen) atoms. The molecule has 0 unspecified atom stereocenters. The van der Waals surface area contributed by atoms with Crippen molar-refractivity contribution in [2.45, 2.75) is 38.3 Å². The van der Waals surface area contributed by atoms with Gasteiger partial charge in [-0.2, -0.15) is 0 Å². The van der Waals surface area contributed by atoms with Gasteiger partial charge in [-0.15, -0.1) is 0 Å². The molecule has 1 aromatic heterocycles. The van der Waals surface area contributed by atoms with E-state index in [1.165, 1.54) is 38.8 Å². The van der Waals surface area contributed by atoms with Crippen molar-refractivity contribution in [2.24, 2.45) is 5.92 Å². The lowest BCUT2D eigenvalue weighted by Gasteiger charge is -2.23. The standard InChI is InChI=1S/C15H24N4/c1-18(2)11-13-7-8-16-15(17-13)14-4-3-9-19(14)10-12-5-6-12/h7-8,12,14H,3-6,9-11H2,1-2H3/t14-/m1/s1. The molecule has 1 saturated heterocycles. The lowest BCUT2D eigenvalue weighted by Crippen LogP contribution is -2.27. The van der Waals surface area contributed by atoms with Crippen molar-refractivity contribution in [1.29, 1.82) is 0 Å². The van der Waals surface area contributed by atoms with Crippen LogP contribution in [-0.4, -0.2) is 47.0 Å². The van der Waals surface area contributed by atoms with Crippen molar-refractivity contribution in [3.8, 4) is 0 Å². The number of rotatable bonds is 5. The first-order chi connectivity index (χ1) is 9.22. The van der Waals surface area contributed by atoms with E-state index in [0.717, 1.165) is 24.0 Å². The molecule has 1 aliphatic heterocycles. The fourth-order valence-electron chi connectivity index (χ4n) is 2.95. The van der Waals surface area contributed by atoms with E-state index in [4.69, 9.17) is 4.98 Å². The van der Waals surface area contributed by atoms with E-state index >= 15 is 0 Å². The van der Waals surface area contributed by atoms with Crippen LogP contribution >= 0.6 is 0 Å². The van der Waals surface area contributed by atoms with Crippen molar-refractivity contribution in [3.63, 3.8) is 0 Å². The van der Waals surface area contributed by atoms with Gasteiger partial charge in [0, 0.05) is 19.3 Å². The smallest absolute Gasteiger partial charge is 0.145 e. The molecular weight excluding hydrogens is 236 g/mol. The van der Waals surface area contributed by atoms with Crippen molar-refractivity contribution < 1.29 is 0 Å². The molecule has 2 heterocycles. The maximum absolute atomic E-state index is 4.78. The molecule has 1 aliphatic carbocycles. The molecule has 0 bridgehead atoms. The van der Waals surface area contributed by atoms with Crippen LogP contribution < -0.4 is 0 Å². The molecule has 104 valence electrons. The van der Waals surface area contributed by atoms with Gasteiger partial charge in [-0.25, -0.2) is 9.97 Å². The second-order valence-electron chi connectivity index (χ2n) is 6.24. The molecular formula is C15H24N4. The molecule has 3 rings (SSSR count). The predicted molar refractivity (Wildman–Crippen MR) is 75.7 cm³/mol. The third kappa shape index (κ3) is 3.31. The van der Waals surface area contributed by atoms with E-state index < -0.39 is 0 Å². The van der Waals surface area contributed by atoms with Crippen LogP contribution in [0.15, 0.2) is 12.3 Å². The van der Waals surface area contributed by atoms with Crippen LogP contribution in [-0.2, 0) is 6.54 Å². The van der Waals surface area contributed by atoms with E-state index in [2.05, 4.69) is 28.9 Å². The van der Waals surface area contributed by atoms with Gasteiger partial charge in [0.05, 0.1) is 11.7 Å². The Labute approximate surface area is 115 Å². The van der Waals surface area contributed by atoms with Gasteiger partial charge in [0.25, 0.3) is 0 Å². The summed E-state index contributed by atoms with van der Waals surface area (Å²) in [4.78, 5) is 14.1. The zero-order valence-electron chi connectivity index (χ0n) is 12.0. The summed E-state index contributed by atoms with van der Waals surface area (Å²) < 4.78 is 0. The van der Waals surface area contributed by atoms with Gasteiger partial charge in [0.2, 0.25) is 0 Å². The maximum Gasteiger partial charge on any atom is 0.145 e. The molecule has 4 nitrogen and oxygen atoms in total. The third-order valence-electron chi connectivity index (χ3n) is 4.06. The van der Waals surface area contributed by atoms with Crippen molar-refractivity contribution in [1.82, 2.24) is 19.8 Å². The van der Waals surface area contributed by atoms with Crippen LogP contribution in [0.4, 0.5) is 0 Å². The van der Waals surface area contributed by atoms with Crippen molar-refractivity contribution in [2.75, 3.05) is 27.2 Å². The third-order valence-corrected chi connectivity index (χ3v) is 4.06. The first kappa shape index (κ1) is 13.0. The average molecular weight is 260 g/mol. The van der Waals surface area contributed by atoms with Crippen LogP contribution in [0.3, 0.4) is 0 Å². The van der Waals surface area contributed by atoms with E-state index in [-0.39, 0.29) is 0 Å². The van der Waals surface area contributed by atoms with E-state index in [0.29, 0.717) is 6.04 Å². The number of hydrogen-bond acceptors (Lipinski definition) is 4. The average Bonchev–Trinajstić information content (AvgIpc) is 3.05. The van der Waals surface area contributed by atoms with Crippen LogP contribution in [0.5, 0.6) is 0 Å². The Bertz CT molecular complexity index is 428. The molecule has 1 saturated carbocycles. The molecule has 1 atom stereocenters. The number of likely N-dealkylation sites (tertiary alicyclic amines) is 1. The molecule has 1 aromatic rings. The minimum absolute atomic E-state index is 0.461. The molecule has 0 radical (unpaired) electrons. The summed E-state index contributed by atoms with van der Waals surface area (Å²) in [6.45, 7) is 3.37. The van der Waals surface area contributed by atoms with Gasteiger partial charge in [-0.05, 0) is 58.3 Å². The quantitative estimate of drug-likeness (QED) is 0.811. The van der Waals surface area contributed by atoms with Gasteiger partial charge >= 0.3 is 0 Å². The van der Waals surface area contributed by atoms with E-state index in [9.17, 15) is 0 Å². The van der Waals surface area contributed by atoms with Crippen LogP contribution in [0.25, 0.3) is 0 Å². The fraction of sp³-hybridized carbons (Fsp3) is 0.733. The monoisotopic (exact) mass is 260 g/mol. The largest absolute Gasteiger partial charge is 0.304 e. The molecule has 0 N–H and O–H groups in total. The highest BCUT2D eigenvalue weighted by Gasteiger charge is 2.33. The van der Waals surface area contributed by atoms with Gasteiger partial charge in [-0.1, -0.05) is 0 Å². The first-order valence-electron chi connectivity index (χ1n) is 7.43. The maximum atomic E-state index is 4.78. The second-order valence-corrected chi connectivity index (χ2v) is 6.24. The summed E-state index contributed by atoms with van der Waals surface area (Å²) in [5, 5.41) is 0. The summed E-state index contributed by atoms with van der Waals surface area (Å²) in [5.74, 6) is 1.99. The van der Waals surface area contributed by atoms with Gasteiger partial charge < -0.3 is 4.90 Å². The highest BCUT2D eigenvalue weighted by atomic mass is 15.2. The fourth-order valence-corrected chi connectivity index (χ4v) is 2.95. The number of aromatic nitrogens is 2. The normalized spacial score (nSPS) is 24.3. The summed E-state index contributed by atoms with van der Waals surface area (Å²) in [7, 11) is 4.16. The predicted octanol–water partition coefficient (Wildman–Crippen LogP) is 2.09. The second kappa shape index (κ2) is 5.55.